The lowest BCUT2D eigenvalue weighted by Gasteiger charge is -2.35. The minimum absolute atomic E-state index is 0.0227. The quantitative estimate of drug-likeness (QED) is 0.309. The van der Waals surface area contributed by atoms with Crippen LogP contribution < -0.4 is 14.4 Å². The summed E-state index contributed by atoms with van der Waals surface area (Å²) in [6.45, 7) is 7.02. The molecule has 12 nitrogen and oxygen atoms in total. The average Bonchev–Trinajstić information content (AvgIpc) is 3.01. The third kappa shape index (κ3) is 6.76. The largest absolute Gasteiger partial charge is 0.480 e. The molecule has 2 aromatic heterocycles. The third-order valence-electron chi connectivity index (χ3n) is 6.95. The Morgan fingerprint density at radius 2 is 1.76 bits per heavy atom. The summed E-state index contributed by atoms with van der Waals surface area (Å²) in [5, 5.41) is 11.8. The summed E-state index contributed by atoms with van der Waals surface area (Å²) >= 11 is 0. The topological polar surface area (TPSA) is 151 Å². The highest BCUT2D eigenvalue weighted by molar-refractivity contribution is 7.92. The van der Waals surface area contributed by atoms with Gasteiger partial charge in [-0.2, -0.15) is 5.26 Å². The zero-order valence-electron chi connectivity index (χ0n) is 24.8. The van der Waals surface area contributed by atoms with E-state index < -0.39 is 32.8 Å². The van der Waals surface area contributed by atoms with Crippen molar-refractivity contribution in [1.82, 2.24) is 20.0 Å². The number of hydroxylamine groups is 2. The van der Waals surface area contributed by atoms with Crippen LogP contribution in [-0.2, 0) is 19.7 Å². The molecule has 0 atom stereocenters. The van der Waals surface area contributed by atoms with Crippen LogP contribution in [0.2, 0.25) is 0 Å². The standard InChI is InChI=1S/C30H29F2N7O5S/c1-30(2,3)29(40)44-39-11-9-38(10-12-39)27-21-13-18(5-7-23(21)35-26(16-33)36-27)19-14-25(28(43-4)34-17-19)45(41,42)37-24-8-6-20(31)15-22(24)32/h5-8,13-15,17,37H,9-12H2,1-4H3. The van der Waals surface area contributed by atoms with Crippen molar-refractivity contribution in [3.63, 3.8) is 0 Å². The molecule has 1 aliphatic heterocycles. The Balaban J connectivity index is 1.49. The first-order valence-corrected chi connectivity index (χ1v) is 15.2. The highest BCUT2D eigenvalue weighted by Crippen LogP contribution is 2.33. The summed E-state index contributed by atoms with van der Waals surface area (Å²) < 4.78 is 61.6. The number of hydrogen-bond donors (Lipinski definition) is 1. The van der Waals surface area contributed by atoms with Gasteiger partial charge in [0, 0.05) is 36.3 Å². The van der Waals surface area contributed by atoms with Crippen LogP contribution in [0, 0.1) is 28.4 Å². The van der Waals surface area contributed by atoms with Gasteiger partial charge in [-0.1, -0.05) is 6.07 Å². The fraction of sp³-hybridized carbons (Fsp3) is 0.300. The molecule has 0 spiro atoms. The van der Waals surface area contributed by atoms with Gasteiger partial charge in [0.2, 0.25) is 11.7 Å². The number of carbonyl (C=O) groups excluding carboxylic acids is 1. The first-order chi connectivity index (χ1) is 21.3. The normalized spacial score (nSPS) is 14.2. The summed E-state index contributed by atoms with van der Waals surface area (Å²) in [6.07, 6.45) is 1.42. The molecule has 4 aromatic rings. The SMILES string of the molecule is COc1ncc(-c2ccc3nc(C#N)nc(N4CCN(OC(=O)C(C)(C)C)CC4)c3c2)cc1S(=O)(=O)Nc1ccc(F)cc1F. The molecule has 1 aliphatic rings. The van der Waals surface area contributed by atoms with Gasteiger partial charge in [0.05, 0.1) is 36.8 Å². The maximum atomic E-state index is 14.3. The average molecular weight is 638 g/mol. The van der Waals surface area contributed by atoms with E-state index in [1.165, 1.54) is 19.4 Å². The molecular formula is C30H29F2N7O5S. The molecule has 234 valence electrons. The van der Waals surface area contributed by atoms with Crippen molar-refractivity contribution in [1.29, 1.82) is 5.26 Å². The first-order valence-electron chi connectivity index (χ1n) is 13.8. The van der Waals surface area contributed by atoms with Crippen molar-refractivity contribution in [3.05, 3.63) is 66.1 Å². The van der Waals surface area contributed by atoms with Gasteiger partial charge in [-0.05, 0) is 56.7 Å². The van der Waals surface area contributed by atoms with Crippen molar-refractivity contribution < 1.29 is 31.6 Å². The monoisotopic (exact) mass is 637 g/mol. The second kappa shape index (κ2) is 12.2. The molecule has 0 amide bonds. The predicted molar refractivity (Wildman–Crippen MR) is 161 cm³/mol. The van der Waals surface area contributed by atoms with E-state index >= 15 is 0 Å². The molecule has 1 fully saturated rings. The van der Waals surface area contributed by atoms with Gasteiger partial charge in [-0.25, -0.2) is 36.9 Å². The Morgan fingerprint density at radius 3 is 2.40 bits per heavy atom. The van der Waals surface area contributed by atoms with Crippen molar-refractivity contribution in [2.24, 2.45) is 5.41 Å². The molecule has 2 aromatic carbocycles. The first kappa shape index (κ1) is 31.5. The van der Waals surface area contributed by atoms with Crippen LogP contribution in [0.25, 0.3) is 22.0 Å². The van der Waals surface area contributed by atoms with Gasteiger partial charge in [0.15, 0.2) is 0 Å². The summed E-state index contributed by atoms with van der Waals surface area (Å²) in [5.74, 6) is -2.05. The number of fused-ring (bicyclic) bond motifs is 1. The molecule has 0 unspecified atom stereocenters. The highest BCUT2D eigenvalue weighted by atomic mass is 32.2. The number of methoxy groups -OCH3 is 1. The minimum atomic E-state index is -4.43. The van der Waals surface area contributed by atoms with E-state index in [1.807, 2.05) is 11.0 Å². The van der Waals surface area contributed by atoms with E-state index in [-0.39, 0.29) is 22.6 Å². The molecular weight excluding hydrogens is 608 g/mol. The number of nitrogens with zero attached hydrogens (tertiary/aromatic N) is 6. The molecule has 0 saturated carbocycles. The molecule has 15 heteroatoms. The van der Waals surface area contributed by atoms with Crippen molar-refractivity contribution in [3.8, 4) is 23.1 Å². The van der Waals surface area contributed by atoms with Crippen molar-refractivity contribution >= 4 is 38.4 Å². The van der Waals surface area contributed by atoms with Crippen LogP contribution in [0.5, 0.6) is 5.88 Å². The number of nitriles is 1. The highest BCUT2D eigenvalue weighted by Gasteiger charge is 2.29. The number of sulfonamides is 1. The summed E-state index contributed by atoms with van der Waals surface area (Å²) in [5.41, 5.74) is 0.324. The van der Waals surface area contributed by atoms with E-state index in [9.17, 15) is 27.3 Å². The molecule has 0 radical (unpaired) electrons. The Labute approximate surface area is 258 Å². The molecule has 1 saturated heterocycles. The van der Waals surface area contributed by atoms with E-state index in [1.54, 1.807) is 44.0 Å². The molecule has 3 heterocycles. The van der Waals surface area contributed by atoms with Crippen LogP contribution in [0.4, 0.5) is 20.3 Å². The number of hydrogen-bond acceptors (Lipinski definition) is 11. The fourth-order valence-corrected chi connectivity index (χ4v) is 5.75. The van der Waals surface area contributed by atoms with Crippen LogP contribution in [-0.4, -0.2) is 67.7 Å². The van der Waals surface area contributed by atoms with Gasteiger partial charge in [0.1, 0.15) is 28.4 Å². The van der Waals surface area contributed by atoms with E-state index in [4.69, 9.17) is 9.57 Å². The van der Waals surface area contributed by atoms with E-state index in [0.29, 0.717) is 60.1 Å². The maximum Gasteiger partial charge on any atom is 0.330 e. The Bertz CT molecular complexity index is 1940. The fourth-order valence-electron chi connectivity index (χ4n) is 4.54. The van der Waals surface area contributed by atoms with E-state index in [0.717, 1.165) is 12.1 Å². The molecule has 45 heavy (non-hydrogen) atoms. The molecule has 0 bridgehead atoms. The second-order valence-electron chi connectivity index (χ2n) is 11.2. The van der Waals surface area contributed by atoms with Crippen molar-refractivity contribution in [2.45, 2.75) is 25.7 Å². The van der Waals surface area contributed by atoms with Gasteiger partial charge in [-0.15, -0.1) is 5.06 Å². The van der Waals surface area contributed by atoms with Crippen LogP contribution in [0.1, 0.15) is 26.6 Å². The predicted octanol–water partition coefficient (Wildman–Crippen LogP) is 4.28. The number of rotatable bonds is 7. The molecule has 0 aliphatic carbocycles. The Morgan fingerprint density at radius 1 is 1.02 bits per heavy atom. The number of carbonyl (C=O) groups is 1. The number of ether oxygens (including phenoxy) is 1. The lowest BCUT2D eigenvalue weighted by atomic mass is 9.98. The smallest absolute Gasteiger partial charge is 0.330 e. The van der Waals surface area contributed by atoms with Crippen LogP contribution >= 0.6 is 0 Å². The van der Waals surface area contributed by atoms with Gasteiger partial charge < -0.3 is 14.5 Å². The van der Waals surface area contributed by atoms with Crippen LogP contribution in [0.15, 0.2) is 53.6 Å². The number of anilines is 2. The number of pyridine rings is 1. The number of benzene rings is 2. The zero-order valence-corrected chi connectivity index (χ0v) is 25.7. The maximum absolute atomic E-state index is 14.3. The number of piperazine rings is 1. The van der Waals surface area contributed by atoms with Gasteiger partial charge in [0.25, 0.3) is 10.0 Å². The van der Waals surface area contributed by atoms with Gasteiger partial charge >= 0.3 is 5.97 Å². The zero-order chi connectivity index (χ0) is 32.5. The molecule has 5 rings (SSSR count). The van der Waals surface area contributed by atoms with Crippen LogP contribution in [0.3, 0.4) is 0 Å². The lowest BCUT2D eigenvalue weighted by molar-refractivity contribution is -0.201. The summed E-state index contributed by atoms with van der Waals surface area (Å²) in [6, 6.07) is 10.9. The number of halogens is 2. The Kier molecular flexibility index (Phi) is 8.55. The second-order valence-corrected chi connectivity index (χ2v) is 12.9. The lowest BCUT2D eigenvalue weighted by Crippen LogP contribution is -2.48. The number of aromatic nitrogens is 3. The minimum Gasteiger partial charge on any atom is -0.480 e. The third-order valence-corrected chi connectivity index (χ3v) is 8.31. The van der Waals surface area contributed by atoms with E-state index in [2.05, 4.69) is 19.7 Å². The van der Waals surface area contributed by atoms with Gasteiger partial charge in [-0.3, -0.25) is 4.72 Å². The molecule has 1 N–H and O–H groups in total. The summed E-state index contributed by atoms with van der Waals surface area (Å²) in [4.78, 5) is 32.4. The van der Waals surface area contributed by atoms with Crippen molar-refractivity contribution in [2.75, 3.05) is 42.9 Å². The summed E-state index contributed by atoms with van der Waals surface area (Å²) in [7, 11) is -3.19. The Hall–Kier alpha value is -4.94. The number of nitrogens with one attached hydrogen (secondary N) is 1.